The van der Waals surface area contributed by atoms with E-state index in [1.165, 1.54) is 25.5 Å². The molecule has 4 nitrogen and oxygen atoms in total. The lowest BCUT2D eigenvalue weighted by Crippen LogP contribution is -2.51. The molecule has 158 valence electrons. The van der Waals surface area contributed by atoms with Gasteiger partial charge in [-0.15, -0.1) is 0 Å². The van der Waals surface area contributed by atoms with Gasteiger partial charge < -0.3 is 10.6 Å². The molecule has 3 saturated carbocycles. The van der Waals surface area contributed by atoms with Gasteiger partial charge in [0.1, 0.15) is 5.82 Å². The number of amides is 2. The summed E-state index contributed by atoms with van der Waals surface area (Å²) >= 11 is 12.7. The average Bonchev–Trinajstić information content (AvgIpc) is 3.04. The van der Waals surface area contributed by atoms with E-state index in [9.17, 15) is 14.0 Å². The molecule has 3 aliphatic carbocycles. The summed E-state index contributed by atoms with van der Waals surface area (Å²) in [5.74, 6) is 0.637. The Balaban J connectivity index is 1.60. The Morgan fingerprint density at radius 3 is 2.45 bits per heavy atom. The number of benzene rings is 1. The fourth-order valence-corrected chi connectivity index (χ4v) is 6.06. The van der Waals surface area contributed by atoms with Crippen molar-refractivity contribution in [3.8, 4) is 0 Å². The van der Waals surface area contributed by atoms with E-state index >= 15 is 0 Å². The van der Waals surface area contributed by atoms with Crippen LogP contribution in [0.3, 0.4) is 0 Å². The number of hydrogen-bond donors (Lipinski definition) is 2. The molecule has 0 saturated heterocycles. The second-order valence-corrected chi connectivity index (χ2v) is 10.0. The summed E-state index contributed by atoms with van der Waals surface area (Å²) in [7, 11) is 0. The highest BCUT2D eigenvalue weighted by molar-refractivity contribution is 6.42. The maximum absolute atomic E-state index is 15.0. The Kier molecular flexibility index (Phi) is 5.58. The van der Waals surface area contributed by atoms with Crippen molar-refractivity contribution in [1.82, 2.24) is 10.6 Å². The molecule has 0 heterocycles. The van der Waals surface area contributed by atoms with Gasteiger partial charge in [0, 0.05) is 24.4 Å². The van der Waals surface area contributed by atoms with Crippen LogP contribution in [0.25, 0.3) is 0 Å². The Hall–Kier alpha value is -1.33. The lowest BCUT2D eigenvalue weighted by atomic mass is 9.76. The van der Waals surface area contributed by atoms with E-state index in [0.29, 0.717) is 35.3 Å². The van der Waals surface area contributed by atoms with Crippen molar-refractivity contribution in [1.29, 1.82) is 0 Å². The van der Waals surface area contributed by atoms with Crippen molar-refractivity contribution < 1.29 is 14.0 Å². The van der Waals surface area contributed by atoms with Crippen molar-refractivity contribution in [3.63, 3.8) is 0 Å². The van der Waals surface area contributed by atoms with Crippen molar-refractivity contribution >= 4 is 35.0 Å². The fraction of sp³-hybridized carbons (Fsp3) is 0.636. The summed E-state index contributed by atoms with van der Waals surface area (Å²) in [5.41, 5.74) is -0.620. The molecule has 0 aliphatic heterocycles. The van der Waals surface area contributed by atoms with Crippen LogP contribution in [0.15, 0.2) is 12.1 Å². The first-order valence-corrected chi connectivity index (χ1v) is 11.2. The van der Waals surface area contributed by atoms with E-state index in [0.717, 1.165) is 19.3 Å². The molecule has 1 aromatic rings. The van der Waals surface area contributed by atoms with Gasteiger partial charge in [-0.25, -0.2) is 4.39 Å². The predicted octanol–water partition coefficient (Wildman–Crippen LogP) is 4.81. The van der Waals surface area contributed by atoms with E-state index in [-0.39, 0.29) is 34.7 Å². The van der Waals surface area contributed by atoms with Gasteiger partial charge >= 0.3 is 0 Å². The zero-order valence-corrected chi connectivity index (χ0v) is 18.2. The third-order valence-corrected chi connectivity index (χ3v) is 8.02. The van der Waals surface area contributed by atoms with Gasteiger partial charge in [0.25, 0.3) is 0 Å². The normalized spacial score (nSPS) is 32.4. The van der Waals surface area contributed by atoms with Crippen LogP contribution in [-0.2, 0) is 15.1 Å². The molecule has 0 aromatic heterocycles. The number of fused-ring (bicyclic) bond motifs is 1. The van der Waals surface area contributed by atoms with Gasteiger partial charge in [-0.2, -0.15) is 0 Å². The molecular weight excluding hydrogens is 414 g/mol. The molecule has 3 fully saturated rings. The molecule has 3 aliphatic rings. The summed E-state index contributed by atoms with van der Waals surface area (Å²) in [4.78, 5) is 24.5. The zero-order valence-electron chi connectivity index (χ0n) is 16.7. The third kappa shape index (κ3) is 4.00. The van der Waals surface area contributed by atoms with Crippen molar-refractivity contribution in [2.45, 2.75) is 64.0 Å². The number of halogens is 3. The minimum atomic E-state index is -0.914. The van der Waals surface area contributed by atoms with Crippen LogP contribution in [0.2, 0.25) is 10.0 Å². The smallest absolute Gasteiger partial charge is 0.223 e. The van der Waals surface area contributed by atoms with Gasteiger partial charge in [-0.3, -0.25) is 9.59 Å². The molecule has 7 heteroatoms. The lowest BCUT2D eigenvalue weighted by molar-refractivity contribution is -0.128. The second kappa shape index (κ2) is 7.73. The van der Waals surface area contributed by atoms with Gasteiger partial charge in [0.2, 0.25) is 11.8 Å². The largest absolute Gasteiger partial charge is 0.354 e. The first kappa shape index (κ1) is 20.9. The van der Waals surface area contributed by atoms with Crippen LogP contribution in [0, 0.1) is 29.5 Å². The molecule has 0 spiro atoms. The Bertz CT molecular complexity index is 838. The first-order valence-electron chi connectivity index (χ1n) is 10.4. The summed E-state index contributed by atoms with van der Waals surface area (Å²) in [6.07, 6.45) is 5.23. The van der Waals surface area contributed by atoms with Crippen molar-refractivity contribution in [3.05, 3.63) is 33.6 Å². The Morgan fingerprint density at radius 2 is 1.79 bits per heavy atom. The molecule has 29 heavy (non-hydrogen) atoms. The second-order valence-electron chi connectivity index (χ2n) is 9.24. The number of nitrogens with one attached hydrogen (secondary N) is 2. The lowest BCUT2D eigenvalue weighted by Gasteiger charge is -2.39. The van der Waals surface area contributed by atoms with E-state index in [2.05, 4.69) is 10.6 Å². The Morgan fingerprint density at radius 1 is 1.10 bits per heavy atom. The molecular formula is C22H27Cl2FN2O2. The van der Waals surface area contributed by atoms with Gasteiger partial charge in [-0.1, -0.05) is 23.2 Å². The molecule has 6 atom stereocenters. The number of carbonyl (C=O) groups is 2. The quantitative estimate of drug-likeness (QED) is 0.644. The van der Waals surface area contributed by atoms with Crippen LogP contribution in [0.5, 0.6) is 0 Å². The van der Waals surface area contributed by atoms with Gasteiger partial charge in [0.15, 0.2) is 0 Å². The number of carbonyl (C=O) groups excluding carboxylic acids is 2. The zero-order chi connectivity index (χ0) is 20.9. The van der Waals surface area contributed by atoms with Crippen molar-refractivity contribution in [2.24, 2.45) is 23.7 Å². The monoisotopic (exact) mass is 440 g/mol. The van der Waals surface area contributed by atoms with E-state index < -0.39 is 11.4 Å². The molecule has 1 unspecified atom stereocenters. The number of rotatable bonds is 5. The van der Waals surface area contributed by atoms with Crippen molar-refractivity contribution in [2.75, 3.05) is 0 Å². The Labute approximate surface area is 180 Å². The first-order chi connectivity index (χ1) is 13.7. The van der Waals surface area contributed by atoms with Crippen LogP contribution in [-0.4, -0.2) is 17.9 Å². The predicted molar refractivity (Wildman–Crippen MR) is 111 cm³/mol. The van der Waals surface area contributed by atoms with Crippen LogP contribution >= 0.6 is 23.2 Å². The molecule has 2 N–H and O–H groups in total. The number of hydrogen-bond acceptors (Lipinski definition) is 2. The van der Waals surface area contributed by atoms with Gasteiger partial charge in [0.05, 0.1) is 15.6 Å². The topological polar surface area (TPSA) is 58.2 Å². The van der Waals surface area contributed by atoms with E-state index in [1.807, 2.05) is 6.92 Å². The highest BCUT2D eigenvalue weighted by atomic mass is 35.5. The summed E-state index contributed by atoms with van der Waals surface area (Å²) in [5, 5.41) is 6.55. The molecule has 1 aromatic carbocycles. The van der Waals surface area contributed by atoms with Crippen LogP contribution < -0.4 is 10.6 Å². The molecule has 0 radical (unpaired) electrons. The van der Waals surface area contributed by atoms with Crippen LogP contribution in [0.4, 0.5) is 4.39 Å². The highest BCUT2D eigenvalue weighted by Gasteiger charge is 2.54. The highest BCUT2D eigenvalue weighted by Crippen LogP contribution is 2.59. The maximum atomic E-state index is 15.0. The summed E-state index contributed by atoms with van der Waals surface area (Å²) < 4.78 is 15.0. The standard InChI is InChI=1S/C22H27Cl2FN2O2/c1-11(28)26-16-4-3-12(10-16)21(29)27-22(2,15-8-13-7-14(13)9-15)19-18(25)6-5-17(23)20(19)24/h5-6,12-16H,3-4,7-10H2,1-2H3,(H,26,28)(H,27,29)/t12-,13-,14+,15?,16+,22+/m1/s1. The van der Waals surface area contributed by atoms with Gasteiger partial charge in [-0.05, 0) is 75.3 Å². The average molecular weight is 441 g/mol. The molecule has 4 rings (SSSR count). The van der Waals surface area contributed by atoms with Crippen LogP contribution in [0.1, 0.15) is 57.9 Å². The summed E-state index contributed by atoms with van der Waals surface area (Å²) in [6, 6.07) is 2.79. The van der Waals surface area contributed by atoms with E-state index in [1.54, 1.807) is 0 Å². The summed E-state index contributed by atoms with van der Waals surface area (Å²) in [6.45, 7) is 3.38. The van der Waals surface area contributed by atoms with E-state index in [4.69, 9.17) is 23.2 Å². The molecule has 2 amide bonds. The molecule has 0 bridgehead atoms. The minimum Gasteiger partial charge on any atom is -0.354 e. The minimum absolute atomic E-state index is 0.0140. The third-order valence-electron chi connectivity index (χ3n) is 7.22. The maximum Gasteiger partial charge on any atom is 0.223 e. The fourth-order valence-electron chi connectivity index (χ4n) is 5.55. The SMILES string of the molecule is CC(=O)N[C@H]1CC[C@@H](C(=O)N[C@](C)(c2c(F)ccc(Cl)c2Cl)C2C[C@@H]3C[C@@H]3C2)C1.